The van der Waals surface area contributed by atoms with E-state index in [1.54, 1.807) is 0 Å². The highest BCUT2D eigenvalue weighted by Crippen LogP contribution is 2.43. The molecule has 1 unspecified atom stereocenters. The van der Waals surface area contributed by atoms with E-state index < -0.39 is 5.54 Å². The zero-order chi connectivity index (χ0) is 14.1. The minimum absolute atomic E-state index is 0.0384. The Hall–Kier alpha value is -1.26. The maximum absolute atomic E-state index is 12.5. The normalized spacial score (nSPS) is 29.4. The Kier molecular flexibility index (Phi) is 3.74. The van der Waals surface area contributed by atoms with Crippen molar-refractivity contribution in [3.8, 4) is 0 Å². The lowest BCUT2D eigenvalue weighted by molar-refractivity contribution is -0.128. The van der Waals surface area contributed by atoms with Gasteiger partial charge in [0.2, 0.25) is 5.91 Å². The Morgan fingerprint density at radius 2 is 1.89 bits per heavy atom. The molecule has 5 nitrogen and oxygen atoms in total. The van der Waals surface area contributed by atoms with Crippen LogP contribution in [0.1, 0.15) is 58.8 Å². The lowest BCUT2D eigenvalue weighted by Crippen LogP contribution is -2.57. The van der Waals surface area contributed by atoms with Crippen LogP contribution in [0.3, 0.4) is 0 Å². The molecule has 4 N–H and O–H groups in total. The standard InChI is InChI=1S/C14H25N3O2/c1-13(2)7-5-6-10(13)11(18)16-14(12(15)17-19)8-3-4-9-14/h10,19H,3-9H2,1-2H3,(H2,15,17)(H,16,18). The molecule has 2 fully saturated rings. The van der Waals surface area contributed by atoms with Gasteiger partial charge in [0.15, 0.2) is 5.84 Å². The number of nitrogens with two attached hydrogens (primary N) is 1. The predicted octanol–water partition coefficient (Wildman–Crippen LogP) is 1.99. The second kappa shape index (κ2) is 5.02. The molecular formula is C14H25N3O2. The minimum Gasteiger partial charge on any atom is -0.409 e. The quantitative estimate of drug-likeness (QED) is 0.316. The van der Waals surface area contributed by atoms with Crippen LogP contribution in [0.2, 0.25) is 0 Å². The highest BCUT2D eigenvalue weighted by atomic mass is 16.4. The maximum Gasteiger partial charge on any atom is 0.224 e. The molecular weight excluding hydrogens is 242 g/mol. The number of nitrogens with one attached hydrogen (secondary N) is 1. The molecule has 2 saturated carbocycles. The van der Waals surface area contributed by atoms with Crippen LogP contribution in [0.5, 0.6) is 0 Å². The number of hydrogen-bond donors (Lipinski definition) is 3. The Morgan fingerprint density at radius 3 is 2.37 bits per heavy atom. The van der Waals surface area contributed by atoms with Gasteiger partial charge in [-0.05, 0) is 31.1 Å². The molecule has 0 heterocycles. The summed E-state index contributed by atoms with van der Waals surface area (Å²) in [5.74, 6) is 0.252. The summed E-state index contributed by atoms with van der Waals surface area (Å²) in [6.07, 6.45) is 6.66. The number of amidine groups is 1. The number of nitrogens with zero attached hydrogens (tertiary/aromatic N) is 1. The van der Waals surface area contributed by atoms with Gasteiger partial charge in [-0.1, -0.05) is 38.3 Å². The minimum atomic E-state index is -0.621. The van der Waals surface area contributed by atoms with Gasteiger partial charge in [0, 0.05) is 5.92 Å². The van der Waals surface area contributed by atoms with Crippen LogP contribution < -0.4 is 11.1 Å². The molecule has 2 aliphatic carbocycles. The Labute approximate surface area is 114 Å². The van der Waals surface area contributed by atoms with Gasteiger partial charge >= 0.3 is 0 Å². The number of carbonyl (C=O) groups excluding carboxylic acids is 1. The van der Waals surface area contributed by atoms with E-state index in [9.17, 15) is 4.79 Å². The molecule has 0 radical (unpaired) electrons. The fourth-order valence-corrected chi connectivity index (χ4v) is 3.66. The molecule has 0 bridgehead atoms. The zero-order valence-corrected chi connectivity index (χ0v) is 11.9. The first-order valence-corrected chi connectivity index (χ1v) is 7.21. The smallest absolute Gasteiger partial charge is 0.224 e. The van der Waals surface area contributed by atoms with E-state index in [0.29, 0.717) is 0 Å². The van der Waals surface area contributed by atoms with Crippen molar-refractivity contribution in [2.24, 2.45) is 22.2 Å². The summed E-state index contributed by atoms with van der Waals surface area (Å²) in [7, 11) is 0. The van der Waals surface area contributed by atoms with E-state index >= 15 is 0 Å². The molecule has 19 heavy (non-hydrogen) atoms. The van der Waals surface area contributed by atoms with Gasteiger partial charge in [-0.3, -0.25) is 4.79 Å². The van der Waals surface area contributed by atoms with Crippen molar-refractivity contribution in [2.45, 2.75) is 64.3 Å². The second-order valence-electron chi connectivity index (χ2n) is 6.70. The number of carbonyl (C=O) groups is 1. The first-order valence-electron chi connectivity index (χ1n) is 7.21. The van der Waals surface area contributed by atoms with Crippen molar-refractivity contribution in [2.75, 3.05) is 0 Å². The number of rotatable bonds is 3. The SMILES string of the molecule is CC1(C)CCCC1C(=O)NC1(C(N)=NO)CCCC1. The summed E-state index contributed by atoms with van der Waals surface area (Å²) in [6, 6.07) is 0. The third-order valence-corrected chi connectivity index (χ3v) is 4.99. The molecule has 5 heteroatoms. The maximum atomic E-state index is 12.5. The van der Waals surface area contributed by atoms with Crippen molar-refractivity contribution >= 4 is 11.7 Å². The van der Waals surface area contributed by atoms with Gasteiger partial charge < -0.3 is 16.3 Å². The summed E-state index contributed by atoms with van der Waals surface area (Å²) in [5.41, 5.74) is 5.24. The van der Waals surface area contributed by atoms with E-state index in [1.165, 1.54) is 0 Å². The monoisotopic (exact) mass is 267 g/mol. The van der Waals surface area contributed by atoms with Crippen LogP contribution in [-0.4, -0.2) is 22.5 Å². The number of hydrogen-bond acceptors (Lipinski definition) is 3. The van der Waals surface area contributed by atoms with Crippen LogP contribution in [0.4, 0.5) is 0 Å². The number of amides is 1. The Bertz CT molecular complexity index is 384. The van der Waals surface area contributed by atoms with E-state index in [4.69, 9.17) is 10.9 Å². The molecule has 1 atom stereocenters. The third kappa shape index (κ3) is 2.55. The van der Waals surface area contributed by atoms with Crippen molar-refractivity contribution in [3.05, 3.63) is 0 Å². The van der Waals surface area contributed by atoms with Crippen LogP contribution in [0.25, 0.3) is 0 Å². The number of oxime groups is 1. The summed E-state index contributed by atoms with van der Waals surface area (Å²) in [4.78, 5) is 12.5. The molecule has 2 aliphatic rings. The van der Waals surface area contributed by atoms with Crippen LogP contribution in [0.15, 0.2) is 5.16 Å². The lowest BCUT2D eigenvalue weighted by Gasteiger charge is -2.33. The summed E-state index contributed by atoms with van der Waals surface area (Å²) >= 11 is 0. The van der Waals surface area contributed by atoms with Gasteiger partial charge in [-0.15, -0.1) is 0 Å². The lowest BCUT2D eigenvalue weighted by atomic mass is 9.80. The molecule has 0 aliphatic heterocycles. The molecule has 0 aromatic carbocycles. The first-order chi connectivity index (χ1) is 8.91. The first kappa shape index (κ1) is 14.2. The van der Waals surface area contributed by atoms with Gasteiger partial charge in [-0.25, -0.2) is 0 Å². The average molecular weight is 267 g/mol. The predicted molar refractivity (Wildman–Crippen MR) is 73.9 cm³/mol. The van der Waals surface area contributed by atoms with E-state index in [2.05, 4.69) is 24.3 Å². The fourth-order valence-electron chi connectivity index (χ4n) is 3.66. The second-order valence-corrected chi connectivity index (χ2v) is 6.70. The van der Waals surface area contributed by atoms with Crippen LogP contribution >= 0.6 is 0 Å². The molecule has 0 spiro atoms. The van der Waals surface area contributed by atoms with Crippen molar-refractivity contribution in [1.29, 1.82) is 0 Å². The van der Waals surface area contributed by atoms with Crippen LogP contribution in [0, 0.1) is 11.3 Å². The van der Waals surface area contributed by atoms with E-state index in [0.717, 1.165) is 44.9 Å². The highest BCUT2D eigenvalue weighted by molar-refractivity contribution is 5.94. The summed E-state index contributed by atoms with van der Waals surface area (Å²) in [6.45, 7) is 4.30. The van der Waals surface area contributed by atoms with Crippen LogP contribution in [-0.2, 0) is 4.79 Å². The van der Waals surface area contributed by atoms with Gasteiger partial charge in [0.25, 0.3) is 0 Å². The van der Waals surface area contributed by atoms with Crippen molar-refractivity contribution in [1.82, 2.24) is 5.32 Å². The topological polar surface area (TPSA) is 87.7 Å². The molecule has 2 rings (SSSR count). The van der Waals surface area contributed by atoms with Gasteiger partial charge in [0.1, 0.15) is 5.54 Å². The third-order valence-electron chi connectivity index (χ3n) is 4.99. The van der Waals surface area contributed by atoms with Crippen molar-refractivity contribution < 1.29 is 10.0 Å². The average Bonchev–Trinajstić information content (AvgIpc) is 2.95. The summed E-state index contributed by atoms with van der Waals surface area (Å²) < 4.78 is 0. The molecule has 0 aromatic rings. The fraction of sp³-hybridized carbons (Fsp3) is 0.857. The molecule has 1 amide bonds. The Balaban J connectivity index is 2.12. The Morgan fingerprint density at radius 1 is 1.26 bits per heavy atom. The van der Waals surface area contributed by atoms with Gasteiger partial charge in [-0.2, -0.15) is 0 Å². The highest BCUT2D eigenvalue weighted by Gasteiger charge is 2.45. The van der Waals surface area contributed by atoms with E-state index in [-0.39, 0.29) is 23.1 Å². The summed E-state index contributed by atoms with van der Waals surface area (Å²) in [5, 5.41) is 15.2. The van der Waals surface area contributed by atoms with Crippen molar-refractivity contribution in [3.63, 3.8) is 0 Å². The van der Waals surface area contributed by atoms with E-state index in [1.807, 2.05) is 0 Å². The largest absolute Gasteiger partial charge is 0.409 e. The van der Waals surface area contributed by atoms with Gasteiger partial charge in [0.05, 0.1) is 0 Å². The molecule has 108 valence electrons. The molecule has 0 saturated heterocycles. The molecule has 0 aromatic heterocycles. The zero-order valence-electron chi connectivity index (χ0n) is 11.9.